The minimum Gasteiger partial charge on any atom is -0.497 e. The quantitative estimate of drug-likeness (QED) is 0.198. The molecule has 0 unspecified atom stereocenters. The zero-order valence-corrected chi connectivity index (χ0v) is 21.4. The average Bonchev–Trinajstić information content (AvgIpc) is 3.33. The Kier molecular flexibility index (Phi) is 7.26. The number of amides is 4. The fourth-order valence-corrected chi connectivity index (χ4v) is 3.83. The minimum absolute atomic E-state index is 0.251. The number of carbonyl (C=O) groups excluding carboxylic acids is 2. The third kappa shape index (κ3) is 5.67. The van der Waals surface area contributed by atoms with Gasteiger partial charge in [-0.1, -0.05) is 0 Å². The van der Waals surface area contributed by atoms with E-state index >= 15 is 0 Å². The van der Waals surface area contributed by atoms with E-state index in [1.54, 1.807) is 74.0 Å². The second kappa shape index (κ2) is 11.3. The molecule has 0 aliphatic rings. The third-order valence-electron chi connectivity index (χ3n) is 5.66. The van der Waals surface area contributed by atoms with Gasteiger partial charge < -0.3 is 25.2 Å². The first-order chi connectivity index (χ1) is 19.4. The Morgan fingerprint density at radius 2 is 1.70 bits per heavy atom. The second-order valence-electron chi connectivity index (χ2n) is 8.27. The van der Waals surface area contributed by atoms with Crippen LogP contribution in [0.2, 0.25) is 0 Å². The summed E-state index contributed by atoms with van der Waals surface area (Å²) in [6.45, 7) is 0. The fraction of sp³-hybridized carbons (Fsp3) is 0.0741. The first-order valence-electron chi connectivity index (χ1n) is 12.0. The van der Waals surface area contributed by atoms with Gasteiger partial charge in [0.05, 0.1) is 18.5 Å². The molecule has 0 spiro atoms. The van der Waals surface area contributed by atoms with Crippen LogP contribution >= 0.6 is 0 Å². The summed E-state index contributed by atoms with van der Waals surface area (Å²) in [5.41, 5.74) is 1.58. The largest absolute Gasteiger partial charge is 0.497 e. The highest BCUT2D eigenvalue weighted by molar-refractivity contribution is 6.06. The molecule has 3 aromatic heterocycles. The Labute approximate surface area is 227 Å². The molecule has 0 radical (unpaired) electrons. The Morgan fingerprint density at radius 1 is 0.875 bits per heavy atom. The van der Waals surface area contributed by atoms with Gasteiger partial charge in [0.25, 0.3) is 0 Å². The number of rotatable bonds is 7. The lowest BCUT2D eigenvalue weighted by Gasteiger charge is -2.14. The van der Waals surface area contributed by atoms with Gasteiger partial charge in [0.2, 0.25) is 5.88 Å². The van der Waals surface area contributed by atoms with Crippen LogP contribution in [0.4, 0.5) is 26.9 Å². The van der Waals surface area contributed by atoms with Gasteiger partial charge in [0, 0.05) is 37.0 Å². The van der Waals surface area contributed by atoms with Crippen LogP contribution in [0.5, 0.6) is 23.1 Å². The summed E-state index contributed by atoms with van der Waals surface area (Å²) in [6.07, 6.45) is 3.12. The molecule has 5 aromatic rings. The number of hydrogen-bond donors (Lipinski definition) is 5. The van der Waals surface area contributed by atoms with Crippen LogP contribution in [0.1, 0.15) is 0 Å². The number of ether oxygens (including phenoxy) is 2. The average molecular weight is 541 g/mol. The number of carbonyl (C=O) groups is 2. The van der Waals surface area contributed by atoms with Crippen LogP contribution in [-0.2, 0) is 0 Å². The number of methoxy groups -OCH3 is 1. The first-order valence-corrected chi connectivity index (χ1v) is 12.0. The molecule has 0 aliphatic carbocycles. The standard InChI is InChI=1S/C27H24N8O5/c1-28-26(37)32-22-14-18(11-13-29-22)40-21-10-9-20(19-4-3-12-30-25(19)21)31-27(38)33-23-15-24(36)34-35(23)16-5-7-17(39-2)8-6-16/h3-15H,1-2H3,(H,34,36)(H2,31,33,38)(H2,28,29,32,37). The normalized spacial score (nSPS) is 10.6. The number of benzene rings is 2. The summed E-state index contributed by atoms with van der Waals surface area (Å²) < 4.78 is 12.6. The van der Waals surface area contributed by atoms with Crippen molar-refractivity contribution in [1.29, 1.82) is 0 Å². The molecular formula is C27H24N8O5. The number of anilines is 3. The lowest BCUT2D eigenvalue weighted by atomic mass is 10.1. The van der Waals surface area contributed by atoms with Crippen LogP contribution in [0.15, 0.2) is 79.1 Å². The monoisotopic (exact) mass is 540 g/mol. The van der Waals surface area contributed by atoms with Gasteiger partial charge in [-0.2, -0.15) is 0 Å². The van der Waals surface area contributed by atoms with Crippen molar-refractivity contribution in [3.05, 3.63) is 79.1 Å². The maximum absolute atomic E-state index is 13.0. The van der Waals surface area contributed by atoms with Gasteiger partial charge in [0.15, 0.2) is 5.75 Å². The lowest BCUT2D eigenvalue weighted by Crippen LogP contribution is -2.24. The maximum Gasteiger partial charge on any atom is 0.324 e. The third-order valence-corrected chi connectivity index (χ3v) is 5.66. The van der Waals surface area contributed by atoms with Crippen LogP contribution in [0, 0.1) is 0 Å². The van der Waals surface area contributed by atoms with Crippen LogP contribution < -0.4 is 30.7 Å². The van der Waals surface area contributed by atoms with Crippen molar-refractivity contribution >= 4 is 40.3 Å². The molecule has 13 nitrogen and oxygen atoms in total. The molecule has 5 rings (SSSR count). The predicted octanol–water partition coefficient (Wildman–Crippen LogP) is 4.72. The smallest absolute Gasteiger partial charge is 0.324 e. The van der Waals surface area contributed by atoms with Crippen molar-refractivity contribution in [1.82, 2.24) is 25.1 Å². The van der Waals surface area contributed by atoms with Crippen molar-refractivity contribution in [2.45, 2.75) is 0 Å². The summed E-state index contributed by atoms with van der Waals surface area (Å²) in [5.74, 6) is 1.82. The Hall–Kier alpha value is -5.85. The van der Waals surface area contributed by atoms with E-state index in [1.165, 1.54) is 24.0 Å². The Balaban J connectivity index is 1.36. The van der Waals surface area contributed by atoms with E-state index in [2.05, 4.69) is 36.3 Å². The van der Waals surface area contributed by atoms with Gasteiger partial charge in [-0.25, -0.2) is 19.3 Å². The minimum atomic E-state index is -0.562. The zero-order chi connectivity index (χ0) is 28.1. The van der Waals surface area contributed by atoms with Crippen molar-refractivity contribution < 1.29 is 24.2 Å². The van der Waals surface area contributed by atoms with Crippen molar-refractivity contribution in [2.75, 3.05) is 30.1 Å². The van der Waals surface area contributed by atoms with E-state index < -0.39 is 12.1 Å². The van der Waals surface area contributed by atoms with E-state index in [1.807, 2.05) is 0 Å². The predicted molar refractivity (Wildman–Crippen MR) is 149 cm³/mol. The van der Waals surface area contributed by atoms with Crippen molar-refractivity contribution in [3.8, 4) is 28.8 Å². The SMILES string of the molecule is CNC(=O)Nc1cc(Oc2ccc(NC(=O)Nc3cc(O)nn3-c3ccc(OC)cc3)c3cccnc23)ccn1. The molecule has 5 N–H and O–H groups in total. The zero-order valence-electron chi connectivity index (χ0n) is 21.4. The molecule has 40 heavy (non-hydrogen) atoms. The van der Waals surface area contributed by atoms with Crippen LogP contribution in [0.25, 0.3) is 16.6 Å². The number of nitrogens with one attached hydrogen (secondary N) is 4. The highest BCUT2D eigenvalue weighted by Gasteiger charge is 2.15. The number of hydrogen-bond acceptors (Lipinski definition) is 8. The van der Waals surface area contributed by atoms with E-state index in [-0.39, 0.29) is 11.7 Å². The lowest BCUT2D eigenvalue weighted by molar-refractivity contribution is 0.254. The second-order valence-corrected chi connectivity index (χ2v) is 8.27. The topological polar surface area (TPSA) is 165 Å². The summed E-state index contributed by atoms with van der Waals surface area (Å²) >= 11 is 0. The molecule has 0 aliphatic heterocycles. The molecule has 202 valence electrons. The van der Waals surface area contributed by atoms with Crippen LogP contribution in [-0.4, -0.2) is 51.1 Å². The summed E-state index contributed by atoms with van der Waals surface area (Å²) in [7, 11) is 3.06. The van der Waals surface area contributed by atoms with Crippen molar-refractivity contribution in [3.63, 3.8) is 0 Å². The fourth-order valence-electron chi connectivity index (χ4n) is 3.83. The molecule has 0 bridgehead atoms. The highest BCUT2D eigenvalue weighted by atomic mass is 16.5. The van der Waals surface area contributed by atoms with Gasteiger partial charge in [0.1, 0.15) is 28.7 Å². The van der Waals surface area contributed by atoms with E-state index in [9.17, 15) is 14.7 Å². The molecule has 0 saturated heterocycles. The molecule has 0 atom stereocenters. The maximum atomic E-state index is 13.0. The van der Waals surface area contributed by atoms with E-state index in [4.69, 9.17) is 9.47 Å². The first kappa shape index (κ1) is 25.8. The summed E-state index contributed by atoms with van der Waals surface area (Å²) in [5, 5.41) is 25.2. The number of fused-ring (bicyclic) bond motifs is 1. The molecule has 3 heterocycles. The molecule has 0 saturated carbocycles. The van der Waals surface area contributed by atoms with Gasteiger partial charge in [-0.15, -0.1) is 5.10 Å². The van der Waals surface area contributed by atoms with Crippen LogP contribution in [0.3, 0.4) is 0 Å². The Bertz CT molecular complexity index is 1690. The number of pyridine rings is 2. The van der Waals surface area contributed by atoms with Gasteiger partial charge in [-0.05, 0) is 54.6 Å². The Morgan fingerprint density at radius 3 is 2.48 bits per heavy atom. The van der Waals surface area contributed by atoms with E-state index in [0.29, 0.717) is 45.3 Å². The summed E-state index contributed by atoms with van der Waals surface area (Å²) in [4.78, 5) is 33.1. The number of urea groups is 2. The van der Waals surface area contributed by atoms with E-state index in [0.717, 1.165) is 0 Å². The molecule has 0 fully saturated rings. The molecule has 4 amide bonds. The number of aromatic nitrogens is 4. The number of aromatic hydroxyl groups is 1. The molecule has 2 aromatic carbocycles. The van der Waals surface area contributed by atoms with Gasteiger partial charge in [-0.3, -0.25) is 15.6 Å². The van der Waals surface area contributed by atoms with Gasteiger partial charge >= 0.3 is 12.1 Å². The highest BCUT2D eigenvalue weighted by Crippen LogP contribution is 2.33. The molecular weight excluding hydrogens is 516 g/mol. The summed E-state index contributed by atoms with van der Waals surface area (Å²) in [6, 6.07) is 17.4. The molecule has 13 heteroatoms. The number of nitrogens with zero attached hydrogens (tertiary/aromatic N) is 4. The van der Waals surface area contributed by atoms with Crippen molar-refractivity contribution in [2.24, 2.45) is 0 Å².